The van der Waals surface area contributed by atoms with Crippen molar-refractivity contribution in [2.75, 3.05) is 11.9 Å². The summed E-state index contributed by atoms with van der Waals surface area (Å²) in [5, 5.41) is 8.23. The lowest BCUT2D eigenvalue weighted by molar-refractivity contribution is -0.170. The highest BCUT2D eigenvalue weighted by Gasteiger charge is 2.34. The Morgan fingerprint density at radius 3 is 2.38 bits per heavy atom. The van der Waals surface area contributed by atoms with E-state index in [2.05, 4.69) is 16.0 Å². The van der Waals surface area contributed by atoms with E-state index in [1.807, 2.05) is 44.2 Å². The number of nitrogens with one attached hydrogen (secondary N) is 3. The molecule has 0 aromatic heterocycles. The largest absolute Gasteiger partial charge is 0.444 e. The second-order valence-electron chi connectivity index (χ2n) is 9.17. The molecule has 0 unspecified atom stereocenters. The number of hydrogen-bond donors (Lipinski definition) is 3. The van der Waals surface area contributed by atoms with Gasteiger partial charge in [-0.25, -0.2) is 4.79 Å². The Morgan fingerprint density at radius 2 is 1.73 bits per heavy atom. The molecule has 1 saturated heterocycles. The van der Waals surface area contributed by atoms with Crippen LogP contribution in [0.4, 0.5) is 10.5 Å². The average Bonchev–Trinajstić information content (AvgIpc) is 3.28. The predicted octanol–water partition coefficient (Wildman–Crippen LogP) is 3.37. The van der Waals surface area contributed by atoms with Gasteiger partial charge in [-0.15, -0.1) is 0 Å². The zero-order valence-corrected chi connectivity index (χ0v) is 21.2. The van der Waals surface area contributed by atoms with Crippen molar-refractivity contribution < 1.29 is 33.4 Å². The van der Waals surface area contributed by atoms with Gasteiger partial charge in [-0.05, 0) is 48.6 Å². The molecule has 198 valence electrons. The van der Waals surface area contributed by atoms with Gasteiger partial charge in [0, 0.05) is 18.2 Å². The van der Waals surface area contributed by atoms with Crippen molar-refractivity contribution in [2.24, 2.45) is 5.92 Å². The Morgan fingerprint density at radius 1 is 1.03 bits per heavy atom. The van der Waals surface area contributed by atoms with Gasteiger partial charge in [-0.1, -0.05) is 44.2 Å². The van der Waals surface area contributed by atoms with Gasteiger partial charge in [0.2, 0.25) is 12.2 Å². The fourth-order valence-corrected chi connectivity index (χ4v) is 3.79. The van der Waals surface area contributed by atoms with Crippen LogP contribution in [0.3, 0.4) is 0 Å². The van der Waals surface area contributed by atoms with Crippen LogP contribution >= 0.6 is 0 Å². The third-order valence-electron chi connectivity index (χ3n) is 5.58. The van der Waals surface area contributed by atoms with Crippen molar-refractivity contribution in [1.82, 2.24) is 10.6 Å². The molecular weight excluding hydrogens is 478 g/mol. The topological polar surface area (TPSA) is 132 Å². The van der Waals surface area contributed by atoms with E-state index in [4.69, 9.17) is 14.2 Å². The summed E-state index contributed by atoms with van der Waals surface area (Å²) in [4.78, 5) is 49.2. The molecule has 3 rings (SSSR count). The molecule has 1 aliphatic rings. The van der Waals surface area contributed by atoms with Crippen molar-refractivity contribution in [1.29, 1.82) is 0 Å². The fourth-order valence-electron chi connectivity index (χ4n) is 3.79. The van der Waals surface area contributed by atoms with E-state index in [0.29, 0.717) is 30.7 Å². The van der Waals surface area contributed by atoms with E-state index in [9.17, 15) is 19.2 Å². The lowest BCUT2D eigenvalue weighted by Crippen LogP contribution is -2.52. The third-order valence-corrected chi connectivity index (χ3v) is 5.58. The summed E-state index contributed by atoms with van der Waals surface area (Å²) in [5.41, 5.74) is 1.66. The number of carbonyl (C=O) groups is 4. The standard InChI is InChI=1S/C27H33N3O7/c1-17(2)15-23(25(33)29-22-13-14-35-26(22)37-18(3)31)30-24(32)20-9-11-21(12-10-20)28-27(34)36-16-19-7-5-4-6-8-19/h4-12,17,22-23,26H,13-16H2,1-3H3,(H,28,34)(H,29,33)(H,30,32)/t22-,23-,26-/m0/s1. The van der Waals surface area contributed by atoms with Gasteiger partial charge in [-0.3, -0.25) is 19.7 Å². The normalized spacial score (nSPS) is 17.5. The summed E-state index contributed by atoms with van der Waals surface area (Å²) in [6.07, 6.45) is -0.557. The summed E-state index contributed by atoms with van der Waals surface area (Å²) in [7, 11) is 0. The quantitative estimate of drug-likeness (QED) is 0.417. The van der Waals surface area contributed by atoms with Crippen LogP contribution in [0, 0.1) is 5.92 Å². The lowest BCUT2D eigenvalue weighted by atomic mass is 10.0. The molecule has 37 heavy (non-hydrogen) atoms. The van der Waals surface area contributed by atoms with Crippen molar-refractivity contribution in [3.63, 3.8) is 0 Å². The first-order valence-corrected chi connectivity index (χ1v) is 12.2. The molecule has 3 atom stereocenters. The first-order chi connectivity index (χ1) is 17.7. The van der Waals surface area contributed by atoms with Crippen LogP contribution in [0.15, 0.2) is 54.6 Å². The molecule has 10 heteroatoms. The second kappa shape index (κ2) is 13.4. The van der Waals surface area contributed by atoms with E-state index >= 15 is 0 Å². The average molecular weight is 512 g/mol. The van der Waals surface area contributed by atoms with E-state index in [-0.39, 0.29) is 18.4 Å². The molecule has 2 aromatic carbocycles. The van der Waals surface area contributed by atoms with Gasteiger partial charge in [-0.2, -0.15) is 0 Å². The monoisotopic (exact) mass is 511 g/mol. The first-order valence-electron chi connectivity index (χ1n) is 12.2. The number of ether oxygens (including phenoxy) is 3. The smallest absolute Gasteiger partial charge is 0.411 e. The van der Waals surface area contributed by atoms with Gasteiger partial charge in [0.25, 0.3) is 5.91 Å². The minimum atomic E-state index is -0.851. The first kappa shape index (κ1) is 27.7. The Balaban J connectivity index is 1.55. The zero-order chi connectivity index (χ0) is 26.8. The number of anilines is 1. The molecule has 0 radical (unpaired) electrons. The van der Waals surface area contributed by atoms with Crippen LogP contribution in [0.5, 0.6) is 0 Å². The highest BCUT2D eigenvalue weighted by molar-refractivity contribution is 5.98. The van der Waals surface area contributed by atoms with E-state index in [1.165, 1.54) is 6.92 Å². The number of hydrogen-bond acceptors (Lipinski definition) is 7. The summed E-state index contributed by atoms with van der Waals surface area (Å²) in [5.74, 6) is -1.18. The molecule has 0 bridgehead atoms. The molecule has 1 fully saturated rings. The summed E-state index contributed by atoms with van der Waals surface area (Å²) in [6.45, 7) is 5.66. The van der Waals surface area contributed by atoms with Crippen LogP contribution in [-0.2, 0) is 30.4 Å². The van der Waals surface area contributed by atoms with E-state index in [1.54, 1.807) is 24.3 Å². The van der Waals surface area contributed by atoms with Gasteiger partial charge in [0.1, 0.15) is 12.6 Å². The van der Waals surface area contributed by atoms with Crippen molar-refractivity contribution in [2.45, 2.75) is 58.6 Å². The maximum Gasteiger partial charge on any atom is 0.411 e. The summed E-state index contributed by atoms with van der Waals surface area (Å²) < 4.78 is 15.7. The third kappa shape index (κ3) is 8.91. The molecule has 1 aliphatic heterocycles. The molecular formula is C27H33N3O7. The number of rotatable bonds is 10. The predicted molar refractivity (Wildman–Crippen MR) is 135 cm³/mol. The Hall–Kier alpha value is -3.92. The van der Waals surface area contributed by atoms with Gasteiger partial charge < -0.3 is 24.8 Å². The molecule has 1 heterocycles. The summed E-state index contributed by atoms with van der Waals surface area (Å²) in [6, 6.07) is 14.3. The molecule has 2 aromatic rings. The minimum absolute atomic E-state index is 0.133. The van der Waals surface area contributed by atoms with E-state index < -0.39 is 36.3 Å². The highest BCUT2D eigenvalue weighted by Crippen LogP contribution is 2.17. The van der Waals surface area contributed by atoms with Crippen molar-refractivity contribution >= 4 is 29.6 Å². The molecule has 3 amide bonds. The van der Waals surface area contributed by atoms with Gasteiger partial charge in [0.15, 0.2) is 0 Å². The second-order valence-corrected chi connectivity index (χ2v) is 9.17. The maximum atomic E-state index is 13.0. The zero-order valence-electron chi connectivity index (χ0n) is 21.2. The molecule has 0 saturated carbocycles. The van der Waals surface area contributed by atoms with Gasteiger partial charge >= 0.3 is 12.1 Å². The van der Waals surface area contributed by atoms with Gasteiger partial charge in [0.05, 0.1) is 12.6 Å². The molecule has 10 nitrogen and oxygen atoms in total. The van der Waals surface area contributed by atoms with Crippen LogP contribution in [-0.4, -0.2) is 48.9 Å². The Kier molecular flexibility index (Phi) is 10.0. The Bertz CT molecular complexity index is 1070. The maximum absolute atomic E-state index is 13.0. The number of carbonyl (C=O) groups excluding carboxylic acids is 4. The minimum Gasteiger partial charge on any atom is -0.444 e. The van der Waals surface area contributed by atoms with Crippen LogP contribution in [0.1, 0.15) is 49.5 Å². The lowest BCUT2D eigenvalue weighted by Gasteiger charge is -2.24. The fraction of sp³-hybridized carbons (Fsp3) is 0.407. The Labute approximate surface area is 216 Å². The molecule has 0 aliphatic carbocycles. The highest BCUT2D eigenvalue weighted by atomic mass is 16.7. The van der Waals surface area contributed by atoms with Crippen molar-refractivity contribution in [3.8, 4) is 0 Å². The van der Waals surface area contributed by atoms with Crippen LogP contribution in [0.25, 0.3) is 0 Å². The molecule has 3 N–H and O–H groups in total. The van der Waals surface area contributed by atoms with Crippen molar-refractivity contribution in [3.05, 3.63) is 65.7 Å². The SMILES string of the molecule is CC(=O)O[C@@H]1OCC[C@@H]1NC(=O)[C@H](CC(C)C)NC(=O)c1ccc(NC(=O)OCc2ccccc2)cc1. The van der Waals surface area contributed by atoms with E-state index in [0.717, 1.165) is 5.56 Å². The van der Waals surface area contributed by atoms with Crippen LogP contribution < -0.4 is 16.0 Å². The van der Waals surface area contributed by atoms with Crippen LogP contribution in [0.2, 0.25) is 0 Å². The number of benzene rings is 2. The summed E-state index contributed by atoms with van der Waals surface area (Å²) >= 11 is 0. The number of esters is 1. The molecule has 0 spiro atoms. The number of amides is 3.